The number of likely N-dealkylation sites (tertiary alicyclic amines) is 1. The van der Waals surface area contributed by atoms with Gasteiger partial charge in [-0.2, -0.15) is 22.0 Å². The molecule has 112 valence electrons. The molecule has 0 saturated carbocycles. The molecule has 0 spiro atoms. The Morgan fingerprint density at radius 2 is 1.70 bits per heavy atom. The first-order valence-electron chi connectivity index (χ1n) is 6.51. The molecule has 0 aromatic heterocycles. The van der Waals surface area contributed by atoms with Crippen molar-refractivity contribution in [3.63, 3.8) is 0 Å². The maximum absolute atomic E-state index is 12.9. The van der Waals surface area contributed by atoms with Crippen LogP contribution in [0.4, 0.5) is 22.0 Å². The molecule has 1 heterocycles. The molecule has 0 unspecified atom stereocenters. The molecule has 0 N–H and O–H groups in total. The Morgan fingerprint density at radius 3 is 2.30 bits per heavy atom. The zero-order valence-corrected chi connectivity index (χ0v) is 10.8. The standard InChI is InChI=1S/C14H16F5N/c15-13(16,14(17,18)19)7-9-20-8-6-12(10-20)11-4-2-1-3-5-11/h1-5,12H,6-10H2/t12-/m0/s1. The van der Waals surface area contributed by atoms with E-state index in [1.807, 2.05) is 30.3 Å². The first-order valence-corrected chi connectivity index (χ1v) is 6.51. The van der Waals surface area contributed by atoms with Gasteiger partial charge in [0.05, 0.1) is 0 Å². The molecular formula is C14H16F5N. The highest BCUT2D eigenvalue weighted by Crippen LogP contribution is 2.38. The molecule has 0 bridgehead atoms. The minimum absolute atomic E-state index is 0.218. The molecule has 1 saturated heterocycles. The normalized spacial score (nSPS) is 21.4. The third kappa shape index (κ3) is 3.48. The van der Waals surface area contributed by atoms with Crippen LogP contribution in [0.2, 0.25) is 0 Å². The molecule has 1 aromatic carbocycles. The van der Waals surface area contributed by atoms with Gasteiger partial charge in [0.2, 0.25) is 0 Å². The Balaban J connectivity index is 1.86. The molecule has 1 aliphatic rings. The molecule has 1 atom stereocenters. The number of hydrogen-bond donors (Lipinski definition) is 0. The summed E-state index contributed by atoms with van der Waals surface area (Å²) in [6.07, 6.45) is -5.83. The van der Waals surface area contributed by atoms with E-state index in [9.17, 15) is 22.0 Å². The Labute approximate surface area is 114 Å². The van der Waals surface area contributed by atoms with Gasteiger partial charge in [-0.3, -0.25) is 0 Å². The second-order valence-corrected chi connectivity index (χ2v) is 5.15. The van der Waals surface area contributed by atoms with Crippen LogP contribution in [0.25, 0.3) is 0 Å². The largest absolute Gasteiger partial charge is 0.453 e. The first kappa shape index (κ1) is 15.2. The number of alkyl halides is 5. The lowest BCUT2D eigenvalue weighted by Gasteiger charge is -2.23. The second-order valence-electron chi connectivity index (χ2n) is 5.15. The summed E-state index contributed by atoms with van der Waals surface area (Å²) < 4.78 is 61.9. The van der Waals surface area contributed by atoms with Crippen molar-refractivity contribution in [3.05, 3.63) is 35.9 Å². The average molecular weight is 293 g/mol. The molecule has 0 aliphatic carbocycles. The third-order valence-corrected chi connectivity index (χ3v) is 3.70. The van der Waals surface area contributed by atoms with Crippen LogP contribution in [0.5, 0.6) is 0 Å². The van der Waals surface area contributed by atoms with Crippen LogP contribution in [0.15, 0.2) is 30.3 Å². The lowest BCUT2D eigenvalue weighted by atomic mass is 9.99. The van der Waals surface area contributed by atoms with E-state index in [4.69, 9.17) is 0 Å². The zero-order chi connectivity index (χ0) is 14.8. The van der Waals surface area contributed by atoms with Crippen molar-refractivity contribution in [1.82, 2.24) is 4.90 Å². The smallest absolute Gasteiger partial charge is 0.302 e. The van der Waals surface area contributed by atoms with Gasteiger partial charge in [-0.25, -0.2) is 0 Å². The molecule has 6 heteroatoms. The number of halogens is 5. The lowest BCUT2D eigenvalue weighted by Crippen LogP contribution is -2.39. The highest BCUT2D eigenvalue weighted by molar-refractivity contribution is 5.20. The van der Waals surface area contributed by atoms with Crippen molar-refractivity contribution >= 4 is 0 Å². The Bertz CT molecular complexity index is 429. The van der Waals surface area contributed by atoms with E-state index in [2.05, 4.69) is 0 Å². The summed E-state index contributed by atoms with van der Waals surface area (Å²) in [4.78, 5) is 1.68. The van der Waals surface area contributed by atoms with Crippen LogP contribution in [-0.2, 0) is 0 Å². The van der Waals surface area contributed by atoms with Gasteiger partial charge in [0.15, 0.2) is 0 Å². The Kier molecular flexibility index (Phi) is 4.32. The molecule has 0 amide bonds. The minimum atomic E-state index is -5.45. The fourth-order valence-corrected chi connectivity index (χ4v) is 2.47. The highest BCUT2D eigenvalue weighted by Gasteiger charge is 2.56. The van der Waals surface area contributed by atoms with Crippen molar-refractivity contribution in [2.75, 3.05) is 19.6 Å². The van der Waals surface area contributed by atoms with E-state index in [0.717, 1.165) is 12.0 Å². The van der Waals surface area contributed by atoms with Gasteiger partial charge in [0, 0.05) is 19.5 Å². The lowest BCUT2D eigenvalue weighted by molar-refractivity contribution is -0.284. The first-order chi connectivity index (χ1) is 9.29. The zero-order valence-electron chi connectivity index (χ0n) is 10.8. The van der Waals surface area contributed by atoms with Gasteiger partial charge in [-0.15, -0.1) is 0 Å². The van der Waals surface area contributed by atoms with E-state index in [1.54, 1.807) is 4.90 Å². The predicted molar refractivity (Wildman–Crippen MR) is 65.9 cm³/mol. The van der Waals surface area contributed by atoms with Crippen LogP contribution < -0.4 is 0 Å². The molecule has 20 heavy (non-hydrogen) atoms. The van der Waals surface area contributed by atoms with Crippen LogP contribution in [0, 0.1) is 0 Å². The molecule has 1 fully saturated rings. The van der Waals surface area contributed by atoms with Crippen LogP contribution in [0.1, 0.15) is 24.3 Å². The fourth-order valence-electron chi connectivity index (χ4n) is 2.47. The summed E-state index contributed by atoms with van der Waals surface area (Å²) in [7, 11) is 0. The van der Waals surface area contributed by atoms with E-state index >= 15 is 0 Å². The molecule has 1 aromatic rings. The molecule has 0 radical (unpaired) electrons. The van der Waals surface area contributed by atoms with Crippen molar-refractivity contribution in [3.8, 4) is 0 Å². The highest BCUT2D eigenvalue weighted by atomic mass is 19.4. The predicted octanol–water partition coefficient (Wildman–Crippen LogP) is 4.06. The van der Waals surface area contributed by atoms with Gasteiger partial charge in [-0.05, 0) is 24.4 Å². The summed E-state index contributed by atoms with van der Waals surface area (Å²) in [5.41, 5.74) is 1.11. The molecule has 1 aliphatic heterocycles. The summed E-state index contributed by atoms with van der Waals surface area (Å²) >= 11 is 0. The van der Waals surface area contributed by atoms with Crippen LogP contribution in [0.3, 0.4) is 0 Å². The van der Waals surface area contributed by atoms with Crippen molar-refractivity contribution in [1.29, 1.82) is 0 Å². The SMILES string of the molecule is FC(F)(F)C(F)(F)CCN1CC[C@H](c2ccccc2)C1. The van der Waals surface area contributed by atoms with Gasteiger partial charge >= 0.3 is 12.1 Å². The Morgan fingerprint density at radius 1 is 1.05 bits per heavy atom. The Hall–Kier alpha value is -1.17. The molecule has 2 rings (SSSR count). The topological polar surface area (TPSA) is 3.24 Å². The van der Waals surface area contributed by atoms with Gasteiger partial charge in [-0.1, -0.05) is 30.3 Å². The fraction of sp³-hybridized carbons (Fsp3) is 0.571. The van der Waals surface area contributed by atoms with Gasteiger partial charge in [0.1, 0.15) is 0 Å². The van der Waals surface area contributed by atoms with Crippen molar-refractivity contribution in [2.45, 2.75) is 30.9 Å². The quantitative estimate of drug-likeness (QED) is 0.757. The monoisotopic (exact) mass is 293 g/mol. The van der Waals surface area contributed by atoms with E-state index in [0.29, 0.717) is 13.1 Å². The maximum Gasteiger partial charge on any atom is 0.453 e. The van der Waals surface area contributed by atoms with Crippen LogP contribution in [-0.4, -0.2) is 36.6 Å². The van der Waals surface area contributed by atoms with Crippen LogP contribution >= 0.6 is 0 Å². The number of benzene rings is 1. The summed E-state index contributed by atoms with van der Waals surface area (Å²) in [6, 6.07) is 9.60. The summed E-state index contributed by atoms with van der Waals surface area (Å²) in [6.45, 7) is 0.876. The van der Waals surface area contributed by atoms with E-state index in [1.165, 1.54) is 0 Å². The number of rotatable bonds is 4. The summed E-state index contributed by atoms with van der Waals surface area (Å²) in [5, 5.41) is 0. The number of hydrogen-bond acceptors (Lipinski definition) is 1. The third-order valence-electron chi connectivity index (χ3n) is 3.70. The molecular weight excluding hydrogens is 277 g/mol. The summed E-state index contributed by atoms with van der Waals surface area (Å²) in [5.74, 6) is -4.38. The average Bonchev–Trinajstić information content (AvgIpc) is 2.85. The van der Waals surface area contributed by atoms with E-state index < -0.39 is 18.5 Å². The maximum atomic E-state index is 12.9. The van der Waals surface area contributed by atoms with Gasteiger partial charge < -0.3 is 4.90 Å². The van der Waals surface area contributed by atoms with Crippen molar-refractivity contribution < 1.29 is 22.0 Å². The number of nitrogens with zero attached hydrogens (tertiary/aromatic N) is 1. The minimum Gasteiger partial charge on any atom is -0.302 e. The van der Waals surface area contributed by atoms with Crippen molar-refractivity contribution in [2.24, 2.45) is 0 Å². The van der Waals surface area contributed by atoms with Gasteiger partial charge in [0.25, 0.3) is 0 Å². The second kappa shape index (κ2) is 5.68. The van der Waals surface area contributed by atoms with E-state index in [-0.39, 0.29) is 12.5 Å². The molecule has 1 nitrogen and oxygen atoms in total.